The number of guanidine groups is 1. The van der Waals surface area contributed by atoms with Crippen molar-refractivity contribution in [2.75, 3.05) is 25.1 Å². The third-order valence-corrected chi connectivity index (χ3v) is 4.24. The SMILES string of the molecule is CN=C(NCC1CCCSC1)NC1CC1. The van der Waals surface area contributed by atoms with Gasteiger partial charge in [0.05, 0.1) is 0 Å². The molecule has 1 atom stereocenters. The smallest absolute Gasteiger partial charge is 0.191 e. The van der Waals surface area contributed by atoms with E-state index in [1.54, 1.807) is 0 Å². The number of thioether (sulfide) groups is 1. The third kappa shape index (κ3) is 3.93. The van der Waals surface area contributed by atoms with Crippen molar-refractivity contribution in [3.63, 3.8) is 0 Å². The van der Waals surface area contributed by atoms with Gasteiger partial charge in [-0.3, -0.25) is 4.99 Å². The first-order valence-corrected chi connectivity index (χ1v) is 7.09. The fourth-order valence-electron chi connectivity index (χ4n) is 1.83. The maximum atomic E-state index is 4.24. The van der Waals surface area contributed by atoms with E-state index in [2.05, 4.69) is 27.4 Å². The van der Waals surface area contributed by atoms with Crippen molar-refractivity contribution in [1.82, 2.24) is 10.6 Å². The summed E-state index contributed by atoms with van der Waals surface area (Å²) < 4.78 is 0. The average molecular weight is 227 g/mol. The highest BCUT2D eigenvalue weighted by Gasteiger charge is 2.22. The number of nitrogens with zero attached hydrogens (tertiary/aromatic N) is 1. The minimum atomic E-state index is 0.692. The van der Waals surface area contributed by atoms with Gasteiger partial charge in [0.2, 0.25) is 0 Å². The van der Waals surface area contributed by atoms with Crippen molar-refractivity contribution in [3.8, 4) is 0 Å². The van der Waals surface area contributed by atoms with Crippen molar-refractivity contribution >= 4 is 17.7 Å². The van der Waals surface area contributed by atoms with Crippen molar-refractivity contribution < 1.29 is 0 Å². The molecule has 0 amide bonds. The van der Waals surface area contributed by atoms with Gasteiger partial charge in [0.1, 0.15) is 0 Å². The van der Waals surface area contributed by atoms with Crippen LogP contribution in [0, 0.1) is 5.92 Å². The average Bonchev–Trinajstić information content (AvgIpc) is 3.09. The molecule has 15 heavy (non-hydrogen) atoms. The van der Waals surface area contributed by atoms with Crippen LogP contribution in [-0.4, -0.2) is 37.1 Å². The Hall–Kier alpha value is -0.380. The van der Waals surface area contributed by atoms with Gasteiger partial charge in [-0.2, -0.15) is 11.8 Å². The molecule has 0 radical (unpaired) electrons. The molecule has 86 valence electrons. The van der Waals surface area contributed by atoms with Crippen molar-refractivity contribution in [1.29, 1.82) is 0 Å². The van der Waals surface area contributed by atoms with E-state index in [4.69, 9.17) is 0 Å². The van der Waals surface area contributed by atoms with E-state index < -0.39 is 0 Å². The first-order chi connectivity index (χ1) is 7.38. The molecule has 0 aromatic carbocycles. The molecule has 0 bridgehead atoms. The molecule has 0 aromatic heterocycles. The topological polar surface area (TPSA) is 36.4 Å². The molecular weight excluding hydrogens is 206 g/mol. The fourth-order valence-corrected chi connectivity index (χ4v) is 2.98. The minimum absolute atomic E-state index is 0.692. The second-order valence-electron chi connectivity index (χ2n) is 4.45. The molecule has 2 fully saturated rings. The van der Waals surface area contributed by atoms with Gasteiger partial charge in [-0.15, -0.1) is 0 Å². The zero-order valence-corrected chi connectivity index (χ0v) is 10.3. The minimum Gasteiger partial charge on any atom is -0.356 e. The van der Waals surface area contributed by atoms with Gasteiger partial charge in [-0.25, -0.2) is 0 Å². The number of rotatable bonds is 3. The van der Waals surface area contributed by atoms with Gasteiger partial charge >= 0.3 is 0 Å². The zero-order chi connectivity index (χ0) is 10.5. The molecule has 1 unspecified atom stereocenters. The summed E-state index contributed by atoms with van der Waals surface area (Å²) in [4.78, 5) is 4.24. The highest BCUT2D eigenvalue weighted by Crippen LogP contribution is 2.22. The molecular formula is C11H21N3S. The second kappa shape index (κ2) is 5.64. The molecule has 2 aliphatic rings. The summed E-state index contributed by atoms with van der Waals surface area (Å²) in [6.07, 6.45) is 5.37. The van der Waals surface area contributed by atoms with Gasteiger partial charge in [0.15, 0.2) is 5.96 Å². The van der Waals surface area contributed by atoms with Crippen LogP contribution in [0.4, 0.5) is 0 Å². The van der Waals surface area contributed by atoms with Crippen LogP contribution in [0.2, 0.25) is 0 Å². The summed E-state index contributed by atoms with van der Waals surface area (Å²) in [5, 5.41) is 6.85. The van der Waals surface area contributed by atoms with Crippen LogP contribution >= 0.6 is 11.8 Å². The maximum Gasteiger partial charge on any atom is 0.191 e. The fraction of sp³-hybridized carbons (Fsp3) is 0.909. The van der Waals surface area contributed by atoms with Crippen LogP contribution in [-0.2, 0) is 0 Å². The van der Waals surface area contributed by atoms with Gasteiger partial charge in [0.25, 0.3) is 0 Å². The summed E-state index contributed by atoms with van der Waals surface area (Å²) >= 11 is 2.09. The van der Waals surface area contributed by atoms with Gasteiger partial charge in [-0.1, -0.05) is 0 Å². The zero-order valence-electron chi connectivity index (χ0n) is 9.46. The Morgan fingerprint density at radius 1 is 1.40 bits per heavy atom. The monoisotopic (exact) mass is 227 g/mol. The lowest BCUT2D eigenvalue weighted by atomic mass is 10.1. The largest absolute Gasteiger partial charge is 0.356 e. The van der Waals surface area contributed by atoms with Crippen LogP contribution in [0.1, 0.15) is 25.7 Å². The van der Waals surface area contributed by atoms with E-state index >= 15 is 0 Å². The van der Waals surface area contributed by atoms with Gasteiger partial charge in [-0.05, 0) is 43.1 Å². The standard InChI is InChI=1S/C11H21N3S/c1-12-11(14-10-4-5-10)13-7-9-3-2-6-15-8-9/h9-10H,2-8H2,1H3,(H2,12,13,14). The molecule has 0 spiro atoms. The Bertz CT molecular complexity index is 220. The quantitative estimate of drug-likeness (QED) is 0.566. The second-order valence-corrected chi connectivity index (χ2v) is 5.60. The third-order valence-electron chi connectivity index (χ3n) is 2.95. The van der Waals surface area contributed by atoms with E-state index in [1.165, 1.54) is 37.2 Å². The first kappa shape index (κ1) is 11.1. The van der Waals surface area contributed by atoms with Crippen LogP contribution in [0.15, 0.2) is 4.99 Å². The number of hydrogen-bond donors (Lipinski definition) is 2. The lowest BCUT2D eigenvalue weighted by Gasteiger charge is -2.22. The molecule has 1 heterocycles. The summed E-state index contributed by atoms with van der Waals surface area (Å²) in [7, 11) is 1.85. The predicted molar refractivity (Wildman–Crippen MR) is 67.6 cm³/mol. The summed E-state index contributed by atoms with van der Waals surface area (Å²) in [6.45, 7) is 1.08. The van der Waals surface area contributed by atoms with E-state index in [9.17, 15) is 0 Å². The Morgan fingerprint density at radius 2 is 2.27 bits per heavy atom. The van der Waals surface area contributed by atoms with Crippen LogP contribution in [0.5, 0.6) is 0 Å². The number of nitrogens with one attached hydrogen (secondary N) is 2. The van der Waals surface area contributed by atoms with E-state index in [0.717, 1.165) is 18.4 Å². The Kier molecular flexibility index (Phi) is 4.18. The van der Waals surface area contributed by atoms with E-state index in [0.29, 0.717) is 6.04 Å². The lowest BCUT2D eigenvalue weighted by molar-refractivity contribution is 0.510. The molecule has 2 rings (SSSR count). The number of aliphatic imine (C=N–C) groups is 1. The first-order valence-electron chi connectivity index (χ1n) is 5.93. The molecule has 4 heteroatoms. The Labute approximate surface area is 96.5 Å². The highest BCUT2D eigenvalue weighted by molar-refractivity contribution is 7.99. The Morgan fingerprint density at radius 3 is 2.87 bits per heavy atom. The summed E-state index contributed by atoms with van der Waals surface area (Å²) in [5.41, 5.74) is 0. The van der Waals surface area contributed by atoms with Crippen LogP contribution in [0.25, 0.3) is 0 Å². The van der Waals surface area contributed by atoms with E-state index in [1.807, 2.05) is 7.05 Å². The number of hydrogen-bond acceptors (Lipinski definition) is 2. The summed E-state index contributed by atoms with van der Waals surface area (Å²) in [6, 6.07) is 0.692. The van der Waals surface area contributed by atoms with Gasteiger partial charge < -0.3 is 10.6 Å². The van der Waals surface area contributed by atoms with Crippen molar-refractivity contribution in [2.45, 2.75) is 31.7 Å². The lowest BCUT2D eigenvalue weighted by Crippen LogP contribution is -2.41. The highest BCUT2D eigenvalue weighted by atomic mass is 32.2. The molecule has 3 nitrogen and oxygen atoms in total. The van der Waals surface area contributed by atoms with Crippen LogP contribution < -0.4 is 10.6 Å². The molecule has 1 aliphatic carbocycles. The van der Waals surface area contributed by atoms with E-state index in [-0.39, 0.29) is 0 Å². The predicted octanol–water partition coefficient (Wildman–Crippen LogP) is 1.46. The van der Waals surface area contributed by atoms with Gasteiger partial charge in [0, 0.05) is 19.6 Å². The molecule has 1 aliphatic heterocycles. The Balaban J connectivity index is 1.65. The molecule has 0 aromatic rings. The molecule has 1 saturated heterocycles. The molecule has 1 saturated carbocycles. The van der Waals surface area contributed by atoms with Crippen molar-refractivity contribution in [2.24, 2.45) is 10.9 Å². The maximum absolute atomic E-state index is 4.24. The normalized spacial score (nSPS) is 27.5. The summed E-state index contributed by atoms with van der Waals surface area (Å²) in [5.74, 6) is 4.49. The van der Waals surface area contributed by atoms with Crippen LogP contribution in [0.3, 0.4) is 0 Å². The van der Waals surface area contributed by atoms with Crippen molar-refractivity contribution in [3.05, 3.63) is 0 Å². The molecule has 2 N–H and O–H groups in total.